The van der Waals surface area contributed by atoms with E-state index in [9.17, 15) is 14.4 Å². The molecule has 0 aromatic carbocycles. The maximum absolute atomic E-state index is 11.4. The molecule has 1 aliphatic heterocycles. The minimum absolute atomic E-state index is 0.0440. The number of hydrogen-bond acceptors (Lipinski definition) is 4. The number of aromatic nitrogens is 1. The van der Waals surface area contributed by atoms with Gasteiger partial charge in [-0.25, -0.2) is 9.69 Å². The molecular weight excluding hydrogens is 212 g/mol. The first-order valence-electron chi connectivity index (χ1n) is 4.64. The highest BCUT2D eigenvalue weighted by atomic mass is 16.4. The molecular formula is C10H8N2O4. The molecule has 82 valence electrons. The third-order valence-corrected chi connectivity index (χ3v) is 2.32. The molecule has 2 rings (SSSR count). The molecule has 0 bridgehead atoms. The predicted octanol–water partition coefficient (Wildman–Crippen LogP) is 0.433. The van der Waals surface area contributed by atoms with Crippen LogP contribution in [-0.2, 0) is 9.59 Å². The van der Waals surface area contributed by atoms with Crippen molar-refractivity contribution in [2.75, 3.05) is 4.90 Å². The summed E-state index contributed by atoms with van der Waals surface area (Å²) < 4.78 is 0. The highest BCUT2D eigenvalue weighted by molar-refractivity contribution is 6.21. The minimum atomic E-state index is -1.19. The average molecular weight is 220 g/mol. The van der Waals surface area contributed by atoms with Crippen molar-refractivity contribution in [3.63, 3.8) is 0 Å². The van der Waals surface area contributed by atoms with Crippen LogP contribution in [0.1, 0.15) is 23.2 Å². The normalized spacial score (nSPS) is 15.6. The van der Waals surface area contributed by atoms with Crippen LogP contribution in [0.25, 0.3) is 0 Å². The Bertz CT molecular complexity index is 467. The Kier molecular flexibility index (Phi) is 2.40. The molecule has 0 atom stereocenters. The number of hydrogen-bond donors (Lipinski definition) is 1. The van der Waals surface area contributed by atoms with Crippen molar-refractivity contribution in [1.29, 1.82) is 0 Å². The Balaban J connectivity index is 2.51. The first-order chi connectivity index (χ1) is 7.61. The lowest BCUT2D eigenvalue weighted by molar-refractivity contribution is -0.121. The molecule has 2 amide bonds. The van der Waals surface area contributed by atoms with Crippen molar-refractivity contribution in [2.45, 2.75) is 12.8 Å². The Morgan fingerprint density at radius 1 is 1.31 bits per heavy atom. The van der Waals surface area contributed by atoms with E-state index >= 15 is 0 Å². The van der Waals surface area contributed by atoms with Gasteiger partial charge in [-0.3, -0.25) is 14.6 Å². The molecule has 1 aromatic rings. The van der Waals surface area contributed by atoms with Gasteiger partial charge in [-0.15, -0.1) is 0 Å². The summed E-state index contributed by atoms with van der Waals surface area (Å²) in [7, 11) is 0. The number of anilines is 1. The average Bonchev–Trinajstić information content (AvgIpc) is 2.58. The van der Waals surface area contributed by atoms with E-state index in [1.807, 2.05) is 0 Å². The third-order valence-electron chi connectivity index (χ3n) is 2.32. The monoisotopic (exact) mass is 220 g/mol. The van der Waals surface area contributed by atoms with Gasteiger partial charge in [0.1, 0.15) is 0 Å². The minimum Gasteiger partial charge on any atom is -0.478 e. The SMILES string of the molecule is O=C(O)c1ccncc1N1C(=O)CCC1=O. The fraction of sp³-hybridized carbons (Fsp3) is 0.200. The number of carboxylic acid groups (broad SMARTS) is 1. The van der Waals surface area contributed by atoms with E-state index in [2.05, 4.69) is 4.98 Å². The quantitative estimate of drug-likeness (QED) is 0.730. The zero-order chi connectivity index (χ0) is 11.7. The van der Waals surface area contributed by atoms with Crippen molar-refractivity contribution in [3.05, 3.63) is 24.0 Å². The molecule has 0 aliphatic carbocycles. The summed E-state index contributed by atoms with van der Waals surface area (Å²) in [6.07, 6.45) is 2.75. The topological polar surface area (TPSA) is 87.6 Å². The number of carboxylic acids is 1. The molecule has 6 nitrogen and oxygen atoms in total. The lowest BCUT2D eigenvalue weighted by Crippen LogP contribution is -2.30. The summed E-state index contributed by atoms with van der Waals surface area (Å²) in [5, 5.41) is 8.92. The van der Waals surface area contributed by atoms with Gasteiger partial charge in [0.2, 0.25) is 11.8 Å². The zero-order valence-corrected chi connectivity index (χ0v) is 8.21. The first-order valence-corrected chi connectivity index (χ1v) is 4.64. The fourth-order valence-corrected chi connectivity index (χ4v) is 1.59. The number of amides is 2. The van der Waals surface area contributed by atoms with Gasteiger partial charge in [0.05, 0.1) is 17.4 Å². The lowest BCUT2D eigenvalue weighted by atomic mass is 10.2. The van der Waals surface area contributed by atoms with Crippen LogP contribution in [0.4, 0.5) is 5.69 Å². The number of carbonyl (C=O) groups is 3. The molecule has 1 aliphatic rings. The van der Waals surface area contributed by atoms with Crippen LogP contribution in [0.5, 0.6) is 0 Å². The van der Waals surface area contributed by atoms with Gasteiger partial charge in [-0.05, 0) is 6.07 Å². The van der Waals surface area contributed by atoms with Crippen molar-refractivity contribution in [2.24, 2.45) is 0 Å². The molecule has 0 unspecified atom stereocenters. The van der Waals surface area contributed by atoms with Crippen LogP contribution in [0.2, 0.25) is 0 Å². The number of aromatic carboxylic acids is 1. The van der Waals surface area contributed by atoms with Gasteiger partial charge >= 0.3 is 5.97 Å². The Morgan fingerprint density at radius 3 is 2.50 bits per heavy atom. The van der Waals surface area contributed by atoms with Gasteiger partial charge < -0.3 is 5.11 Å². The molecule has 1 fully saturated rings. The standard InChI is InChI=1S/C10H8N2O4/c13-8-1-2-9(14)12(8)7-5-11-4-3-6(7)10(15)16/h3-5H,1-2H2,(H,15,16). The van der Waals surface area contributed by atoms with Gasteiger partial charge in [0, 0.05) is 19.0 Å². The van der Waals surface area contributed by atoms with Gasteiger partial charge in [-0.2, -0.15) is 0 Å². The largest absolute Gasteiger partial charge is 0.478 e. The number of rotatable bonds is 2. The Morgan fingerprint density at radius 2 is 1.94 bits per heavy atom. The van der Waals surface area contributed by atoms with Crippen molar-refractivity contribution in [3.8, 4) is 0 Å². The van der Waals surface area contributed by atoms with E-state index in [1.54, 1.807) is 0 Å². The number of nitrogens with zero attached hydrogens (tertiary/aromatic N) is 2. The van der Waals surface area contributed by atoms with Gasteiger partial charge in [0.15, 0.2) is 0 Å². The maximum Gasteiger partial charge on any atom is 0.337 e. The molecule has 0 spiro atoms. The van der Waals surface area contributed by atoms with E-state index in [1.165, 1.54) is 18.5 Å². The molecule has 2 heterocycles. The Hall–Kier alpha value is -2.24. The van der Waals surface area contributed by atoms with E-state index in [4.69, 9.17) is 5.11 Å². The number of imide groups is 1. The molecule has 1 saturated heterocycles. The molecule has 0 radical (unpaired) electrons. The van der Waals surface area contributed by atoms with Gasteiger partial charge in [0.25, 0.3) is 0 Å². The summed E-state index contributed by atoms with van der Waals surface area (Å²) in [5.41, 5.74) is -0.0545. The van der Waals surface area contributed by atoms with E-state index in [0.717, 1.165) is 4.90 Å². The summed E-state index contributed by atoms with van der Waals surface area (Å²) in [4.78, 5) is 38.4. The lowest BCUT2D eigenvalue weighted by Gasteiger charge is -2.15. The number of pyridine rings is 1. The third kappa shape index (κ3) is 1.54. The van der Waals surface area contributed by atoms with Crippen LogP contribution >= 0.6 is 0 Å². The molecule has 1 aromatic heterocycles. The van der Waals surface area contributed by atoms with E-state index < -0.39 is 5.97 Å². The first kappa shape index (κ1) is 10.3. The van der Waals surface area contributed by atoms with Crippen molar-refractivity contribution >= 4 is 23.5 Å². The second-order valence-corrected chi connectivity index (χ2v) is 3.32. The fourth-order valence-electron chi connectivity index (χ4n) is 1.59. The van der Waals surface area contributed by atoms with Crippen LogP contribution < -0.4 is 4.90 Å². The maximum atomic E-state index is 11.4. The molecule has 1 N–H and O–H groups in total. The van der Waals surface area contributed by atoms with Crippen molar-refractivity contribution < 1.29 is 19.5 Å². The summed E-state index contributed by atoms with van der Waals surface area (Å²) in [5.74, 6) is -1.97. The van der Waals surface area contributed by atoms with Crippen LogP contribution in [0.15, 0.2) is 18.5 Å². The summed E-state index contributed by atoms with van der Waals surface area (Å²) in [6, 6.07) is 1.26. The van der Waals surface area contributed by atoms with Crippen molar-refractivity contribution in [1.82, 2.24) is 4.98 Å². The second-order valence-electron chi connectivity index (χ2n) is 3.32. The highest BCUT2D eigenvalue weighted by Crippen LogP contribution is 2.25. The summed E-state index contributed by atoms with van der Waals surface area (Å²) >= 11 is 0. The molecule has 0 saturated carbocycles. The predicted molar refractivity (Wildman–Crippen MR) is 52.9 cm³/mol. The summed E-state index contributed by atoms with van der Waals surface area (Å²) in [6.45, 7) is 0. The Labute approximate surface area is 90.5 Å². The smallest absolute Gasteiger partial charge is 0.337 e. The van der Waals surface area contributed by atoms with Gasteiger partial charge in [-0.1, -0.05) is 0 Å². The van der Waals surface area contributed by atoms with Crippen LogP contribution in [0, 0.1) is 0 Å². The molecule has 6 heteroatoms. The van der Waals surface area contributed by atoms with Crippen LogP contribution in [0.3, 0.4) is 0 Å². The zero-order valence-electron chi connectivity index (χ0n) is 8.21. The van der Waals surface area contributed by atoms with E-state index in [0.29, 0.717) is 0 Å². The second kappa shape index (κ2) is 3.73. The highest BCUT2D eigenvalue weighted by Gasteiger charge is 2.32. The van der Waals surface area contributed by atoms with E-state index in [-0.39, 0.29) is 35.9 Å². The molecule has 16 heavy (non-hydrogen) atoms. The van der Waals surface area contributed by atoms with Crippen LogP contribution in [-0.4, -0.2) is 27.9 Å². The number of carbonyl (C=O) groups excluding carboxylic acids is 2.